The van der Waals surface area contributed by atoms with Crippen LogP contribution in [0.5, 0.6) is 0 Å². The number of rotatable bonds is 9. The van der Waals surface area contributed by atoms with Crippen molar-refractivity contribution in [2.45, 2.75) is 6.42 Å². The standard InChI is InChI=1S/C15H20N2O3S2/c1-19-7-5-17(6-8-20-2)14(18)10-12-11-22-15(16-12)13-4-3-9-21-13/h3-4,9,11H,5-8,10H2,1-2H3. The summed E-state index contributed by atoms with van der Waals surface area (Å²) in [5.74, 6) is 0.0529. The Morgan fingerprint density at radius 1 is 1.23 bits per heavy atom. The fraction of sp³-hybridized carbons (Fsp3) is 0.467. The van der Waals surface area contributed by atoms with Gasteiger partial charge in [0.05, 0.1) is 30.2 Å². The second-order valence-corrected chi connectivity index (χ2v) is 6.47. The summed E-state index contributed by atoms with van der Waals surface area (Å²) in [6.07, 6.45) is 0.315. The molecule has 0 fully saturated rings. The summed E-state index contributed by atoms with van der Waals surface area (Å²) in [5, 5.41) is 4.95. The van der Waals surface area contributed by atoms with Crippen molar-refractivity contribution < 1.29 is 14.3 Å². The molecule has 120 valence electrons. The van der Waals surface area contributed by atoms with Gasteiger partial charge in [0.25, 0.3) is 0 Å². The van der Waals surface area contributed by atoms with Crippen LogP contribution in [0.3, 0.4) is 0 Å². The van der Waals surface area contributed by atoms with Crippen molar-refractivity contribution in [1.82, 2.24) is 9.88 Å². The predicted octanol–water partition coefficient (Wildman–Crippen LogP) is 2.54. The monoisotopic (exact) mass is 340 g/mol. The third kappa shape index (κ3) is 4.88. The smallest absolute Gasteiger partial charge is 0.228 e. The van der Waals surface area contributed by atoms with Crippen molar-refractivity contribution in [3.05, 3.63) is 28.6 Å². The van der Waals surface area contributed by atoms with Gasteiger partial charge in [-0.25, -0.2) is 4.98 Å². The highest BCUT2D eigenvalue weighted by molar-refractivity contribution is 7.20. The highest BCUT2D eigenvalue weighted by Gasteiger charge is 2.16. The number of carbonyl (C=O) groups is 1. The molecule has 0 N–H and O–H groups in total. The molecule has 2 aromatic rings. The lowest BCUT2D eigenvalue weighted by atomic mass is 10.3. The van der Waals surface area contributed by atoms with Gasteiger partial charge in [-0.2, -0.15) is 0 Å². The minimum Gasteiger partial charge on any atom is -0.383 e. The Bertz CT molecular complexity index is 561. The lowest BCUT2D eigenvalue weighted by Crippen LogP contribution is -2.37. The maximum Gasteiger partial charge on any atom is 0.228 e. The van der Waals surface area contributed by atoms with E-state index in [9.17, 15) is 4.79 Å². The first kappa shape index (κ1) is 17.1. The molecular weight excluding hydrogens is 320 g/mol. The van der Waals surface area contributed by atoms with Crippen LogP contribution in [-0.2, 0) is 20.7 Å². The quantitative estimate of drug-likeness (QED) is 0.704. The molecule has 0 saturated carbocycles. The molecule has 7 heteroatoms. The van der Waals surface area contributed by atoms with Crippen LogP contribution in [0, 0.1) is 0 Å². The third-order valence-corrected chi connectivity index (χ3v) is 5.03. The summed E-state index contributed by atoms with van der Waals surface area (Å²) >= 11 is 3.23. The van der Waals surface area contributed by atoms with Gasteiger partial charge in [-0.1, -0.05) is 6.07 Å². The van der Waals surface area contributed by atoms with Gasteiger partial charge >= 0.3 is 0 Å². The number of ether oxygens (including phenoxy) is 2. The van der Waals surface area contributed by atoms with Crippen molar-refractivity contribution in [2.75, 3.05) is 40.5 Å². The molecule has 0 unspecified atom stereocenters. The van der Waals surface area contributed by atoms with Gasteiger partial charge in [-0.05, 0) is 11.4 Å². The average Bonchev–Trinajstić information content (AvgIpc) is 3.18. The number of nitrogens with zero attached hydrogens (tertiary/aromatic N) is 2. The summed E-state index contributed by atoms with van der Waals surface area (Å²) in [6.45, 7) is 2.18. The van der Waals surface area contributed by atoms with Gasteiger partial charge in [-0.3, -0.25) is 4.79 Å². The second kappa shape index (κ2) is 8.99. The first-order valence-electron chi connectivity index (χ1n) is 6.98. The molecule has 0 radical (unpaired) electrons. The molecule has 0 aliphatic rings. The molecule has 2 heterocycles. The Morgan fingerprint density at radius 3 is 2.55 bits per heavy atom. The van der Waals surface area contributed by atoms with Crippen LogP contribution in [0.4, 0.5) is 0 Å². The third-order valence-electron chi connectivity index (χ3n) is 3.10. The van der Waals surface area contributed by atoms with Crippen LogP contribution < -0.4 is 0 Å². The Labute approximate surface area is 138 Å². The van der Waals surface area contributed by atoms with E-state index < -0.39 is 0 Å². The van der Waals surface area contributed by atoms with Crippen molar-refractivity contribution >= 4 is 28.6 Å². The van der Waals surface area contributed by atoms with Crippen LogP contribution in [0.25, 0.3) is 9.88 Å². The Balaban J connectivity index is 1.96. The van der Waals surface area contributed by atoms with Crippen LogP contribution >= 0.6 is 22.7 Å². The minimum absolute atomic E-state index is 0.0529. The Kier molecular flexibility index (Phi) is 6.98. The zero-order valence-corrected chi connectivity index (χ0v) is 14.4. The second-order valence-electron chi connectivity index (χ2n) is 4.66. The van der Waals surface area contributed by atoms with Gasteiger partial charge in [0.2, 0.25) is 5.91 Å². The first-order valence-corrected chi connectivity index (χ1v) is 8.74. The maximum absolute atomic E-state index is 12.4. The van der Waals surface area contributed by atoms with E-state index >= 15 is 0 Å². The highest BCUT2D eigenvalue weighted by Crippen LogP contribution is 2.27. The normalized spacial score (nSPS) is 10.8. The molecule has 0 saturated heterocycles. The number of amides is 1. The molecular formula is C15H20N2O3S2. The minimum atomic E-state index is 0.0529. The lowest BCUT2D eigenvalue weighted by Gasteiger charge is -2.21. The lowest BCUT2D eigenvalue weighted by molar-refractivity contribution is -0.131. The van der Waals surface area contributed by atoms with Gasteiger partial charge in [0, 0.05) is 32.7 Å². The predicted molar refractivity (Wildman–Crippen MR) is 89.5 cm³/mol. The molecule has 0 aliphatic carbocycles. The van der Waals surface area contributed by atoms with Gasteiger partial charge in [0.1, 0.15) is 5.01 Å². The molecule has 5 nitrogen and oxygen atoms in total. The number of methoxy groups -OCH3 is 2. The van der Waals surface area contributed by atoms with E-state index in [4.69, 9.17) is 9.47 Å². The summed E-state index contributed by atoms with van der Waals surface area (Å²) in [7, 11) is 3.26. The highest BCUT2D eigenvalue weighted by atomic mass is 32.1. The van der Waals surface area contributed by atoms with Gasteiger partial charge in [0.15, 0.2) is 0 Å². The van der Waals surface area contributed by atoms with Crippen LogP contribution in [0.15, 0.2) is 22.9 Å². The van der Waals surface area contributed by atoms with Crippen molar-refractivity contribution in [3.63, 3.8) is 0 Å². The Hall–Kier alpha value is -1.28. The van der Waals surface area contributed by atoms with E-state index in [-0.39, 0.29) is 5.91 Å². The Morgan fingerprint density at radius 2 is 1.95 bits per heavy atom. The SMILES string of the molecule is COCCN(CCOC)C(=O)Cc1csc(-c2cccs2)n1. The first-order chi connectivity index (χ1) is 10.7. The molecule has 0 atom stereocenters. The molecule has 0 aromatic carbocycles. The molecule has 2 aromatic heterocycles. The summed E-state index contributed by atoms with van der Waals surface area (Å²) in [4.78, 5) is 19.9. The molecule has 0 spiro atoms. The number of hydrogen-bond donors (Lipinski definition) is 0. The van der Waals surface area contributed by atoms with Crippen LogP contribution in [0.2, 0.25) is 0 Å². The molecule has 1 amide bonds. The summed E-state index contributed by atoms with van der Waals surface area (Å²) in [5.41, 5.74) is 0.818. The maximum atomic E-state index is 12.4. The molecule has 0 bridgehead atoms. The largest absolute Gasteiger partial charge is 0.383 e. The van der Waals surface area contributed by atoms with E-state index in [0.29, 0.717) is 32.7 Å². The molecule has 2 rings (SSSR count). The van der Waals surface area contributed by atoms with E-state index in [1.807, 2.05) is 22.9 Å². The zero-order valence-electron chi connectivity index (χ0n) is 12.8. The van der Waals surface area contributed by atoms with Crippen LogP contribution in [-0.4, -0.2) is 56.3 Å². The van der Waals surface area contributed by atoms with Gasteiger partial charge in [-0.15, -0.1) is 22.7 Å². The van der Waals surface area contributed by atoms with E-state index in [2.05, 4.69) is 4.98 Å². The summed E-state index contributed by atoms with van der Waals surface area (Å²) < 4.78 is 10.1. The van der Waals surface area contributed by atoms with Crippen molar-refractivity contribution in [3.8, 4) is 9.88 Å². The number of hydrogen-bond acceptors (Lipinski definition) is 6. The van der Waals surface area contributed by atoms with E-state index in [1.165, 1.54) is 0 Å². The molecule has 22 heavy (non-hydrogen) atoms. The van der Waals surface area contributed by atoms with Gasteiger partial charge < -0.3 is 14.4 Å². The van der Waals surface area contributed by atoms with Crippen molar-refractivity contribution in [1.29, 1.82) is 0 Å². The number of thiazole rings is 1. The average molecular weight is 340 g/mol. The number of carbonyl (C=O) groups excluding carboxylic acids is 1. The topological polar surface area (TPSA) is 51.7 Å². The van der Waals surface area contributed by atoms with E-state index in [1.54, 1.807) is 41.8 Å². The zero-order chi connectivity index (χ0) is 15.8. The van der Waals surface area contributed by atoms with Crippen LogP contribution in [0.1, 0.15) is 5.69 Å². The van der Waals surface area contributed by atoms with E-state index in [0.717, 1.165) is 15.6 Å². The number of aromatic nitrogens is 1. The van der Waals surface area contributed by atoms with Crippen molar-refractivity contribution in [2.24, 2.45) is 0 Å². The summed E-state index contributed by atoms with van der Waals surface area (Å²) in [6, 6.07) is 4.04. The fourth-order valence-electron chi connectivity index (χ4n) is 1.93. The number of thiophene rings is 1. The fourth-order valence-corrected chi connectivity index (χ4v) is 3.57. The molecule has 0 aliphatic heterocycles.